The van der Waals surface area contributed by atoms with Crippen LogP contribution >= 0.6 is 11.6 Å². The summed E-state index contributed by atoms with van der Waals surface area (Å²) in [6, 6.07) is 1.37. The molecule has 0 amide bonds. The monoisotopic (exact) mass is 258 g/mol. The second-order valence-corrected chi connectivity index (χ2v) is 5.34. The Morgan fingerprint density at radius 2 is 2.00 bits per heavy atom. The van der Waals surface area contributed by atoms with E-state index in [2.05, 4.69) is 0 Å². The fourth-order valence-electron chi connectivity index (χ4n) is 1.64. The fraction of sp³-hybridized carbons (Fsp3) is 0.462. The normalized spacial score (nSPS) is 11.6. The highest BCUT2D eigenvalue weighted by atomic mass is 35.5. The van der Waals surface area contributed by atoms with Crippen molar-refractivity contribution in [1.82, 2.24) is 0 Å². The van der Waals surface area contributed by atoms with Gasteiger partial charge in [-0.25, -0.2) is 4.39 Å². The molecular weight excluding hydrogens is 243 g/mol. The van der Waals surface area contributed by atoms with Crippen LogP contribution in [0.2, 0.25) is 5.02 Å². The van der Waals surface area contributed by atoms with Gasteiger partial charge in [-0.1, -0.05) is 11.6 Å². The zero-order chi connectivity index (χ0) is 13.4. The molecule has 94 valence electrons. The molecule has 0 aromatic heterocycles. The van der Waals surface area contributed by atoms with Crippen molar-refractivity contribution in [2.24, 2.45) is 5.41 Å². The third kappa shape index (κ3) is 2.78. The van der Waals surface area contributed by atoms with Gasteiger partial charge in [-0.2, -0.15) is 0 Å². The van der Waals surface area contributed by atoms with E-state index < -0.39 is 17.2 Å². The molecule has 1 aromatic rings. The van der Waals surface area contributed by atoms with Gasteiger partial charge in [0.2, 0.25) is 0 Å². The Hall–Kier alpha value is -1.09. The van der Waals surface area contributed by atoms with E-state index in [0.29, 0.717) is 5.56 Å². The first-order valence-electron chi connectivity index (χ1n) is 5.34. The average molecular weight is 259 g/mol. The van der Waals surface area contributed by atoms with E-state index in [4.69, 9.17) is 16.7 Å². The lowest BCUT2D eigenvalue weighted by Gasteiger charge is -2.22. The van der Waals surface area contributed by atoms with E-state index in [-0.39, 0.29) is 11.4 Å². The average Bonchev–Trinajstić information content (AvgIpc) is 2.21. The number of aryl methyl sites for hydroxylation is 1. The van der Waals surface area contributed by atoms with E-state index in [1.54, 1.807) is 20.8 Å². The van der Waals surface area contributed by atoms with Crippen LogP contribution in [0.3, 0.4) is 0 Å². The van der Waals surface area contributed by atoms with Gasteiger partial charge in [0, 0.05) is 0 Å². The summed E-state index contributed by atoms with van der Waals surface area (Å²) in [5.41, 5.74) is 1.25. The lowest BCUT2D eigenvalue weighted by Crippen LogP contribution is -2.27. The lowest BCUT2D eigenvalue weighted by atomic mass is 9.83. The highest BCUT2D eigenvalue weighted by Gasteiger charge is 2.29. The third-order valence-corrected chi connectivity index (χ3v) is 3.47. The van der Waals surface area contributed by atoms with Crippen molar-refractivity contribution in [2.45, 2.75) is 34.1 Å². The van der Waals surface area contributed by atoms with E-state index in [9.17, 15) is 9.18 Å². The Labute approximate surface area is 105 Å². The van der Waals surface area contributed by atoms with E-state index in [1.165, 1.54) is 6.07 Å². The molecular formula is C13H16ClFO2. The quantitative estimate of drug-likeness (QED) is 0.897. The van der Waals surface area contributed by atoms with Crippen molar-refractivity contribution in [3.63, 3.8) is 0 Å². The van der Waals surface area contributed by atoms with Gasteiger partial charge in [0.1, 0.15) is 5.82 Å². The van der Waals surface area contributed by atoms with Gasteiger partial charge in [0.15, 0.2) is 0 Å². The van der Waals surface area contributed by atoms with Gasteiger partial charge in [-0.3, -0.25) is 4.79 Å². The summed E-state index contributed by atoms with van der Waals surface area (Å²) in [7, 11) is 0. The molecule has 0 unspecified atom stereocenters. The number of carboxylic acid groups (broad SMARTS) is 1. The molecule has 4 heteroatoms. The van der Waals surface area contributed by atoms with Crippen LogP contribution in [-0.2, 0) is 11.2 Å². The Morgan fingerprint density at radius 3 is 2.47 bits per heavy atom. The van der Waals surface area contributed by atoms with Crippen LogP contribution in [0.15, 0.2) is 6.07 Å². The summed E-state index contributed by atoms with van der Waals surface area (Å²) in [5, 5.41) is 9.12. The Bertz CT molecular complexity index is 441. The minimum Gasteiger partial charge on any atom is -0.481 e. The smallest absolute Gasteiger partial charge is 0.309 e. The van der Waals surface area contributed by atoms with Crippen LogP contribution in [0, 0.1) is 25.1 Å². The van der Waals surface area contributed by atoms with Gasteiger partial charge in [-0.05, 0) is 56.9 Å². The number of rotatable bonds is 3. The molecule has 0 spiro atoms. The lowest BCUT2D eigenvalue weighted by molar-refractivity contribution is -0.146. The molecule has 0 aliphatic carbocycles. The maximum atomic E-state index is 13.5. The molecule has 0 saturated carbocycles. The van der Waals surface area contributed by atoms with Gasteiger partial charge in [-0.15, -0.1) is 0 Å². The number of carboxylic acids is 1. The summed E-state index contributed by atoms with van der Waals surface area (Å²) >= 11 is 5.91. The van der Waals surface area contributed by atoms with Crippen molar-refractivity contribution in [1.29, 1.82) is 0 Å². The van der Waals surface area contributed by atoms with Crippen molar-refractivity contribution < 1.29 is 14.3 Å². The van der Waals surface area contributed by atoms with Crippen LogP contribution in [0.5, 0.6) is 0 Å². The number of benzene rings is 1. The first kappa shape index (κ1) is 14.0. The van der Waals surface area contributed by atoms with Crippen molar-refractivity contribution in [2.75, 3.05) is 0 Å². The molecule has 0 fully saturated rings. The molecule has 1 N–H and O–H groups in total. The highest BCUT2D eigenvalue weighted by molar-refractivity contribution is 6.31. The van der Waals surface area contributed by atoms with Gasteiger partial charge in [0.05, 0.1) is 10.4 Å². The van der Waals surface area contributed by atoms with Crippen LogP contribution in [0.4, 0.5) is 4.39 Å². The number of hydrogen-bond donors (Lipinski definition) is 1. The zero-order valence-electron chi connectivity index (χ0n) is 10.4. The standard InChI is InChI=1S/C13H16ClFO2/c1-7-5-10(15)11(14)9(8(7)2)6-13(3,4)12(16)17/h5H,6H2,1-4H3,(H,16,17). The number of halogens is 2. The SMILES string of the molecule is Cc1cc(F)c(Cl)c(CC(C)(C)C(=O)O)c1C. The van der Waals surface area contributed by atoms with E-state index in [1.807, 2.05) is 6.92 Å². The van der Waals surface area contributed by atoms with E-state index in [0.717, 1.165) is 11.1 Å². The summed E-state index contributed by atoms with van der Waals surface area (Å²) < 4.78 is 13.5. The summed E-state index contributed by atoms with van der Waals surface area (Å²) in [6.07, 6.45) is 0.214. The summed E-state index contributed by atoms with van der Waals surface area (Å²) in [4.78, 5) is 11.1. The van der Waals surface area contributed by atoms with Crippen LogP contribution in [-0.4, -0.2) is 11.1 Å². The predicted octanol–water partition coefficient (Wildman–Crippen LogP) is 3.75. The number of hydrogen-bond acceptors (Lipinski definition) is 1. The second-order valence-electron chi connectivity index (χ2n) is 4.96. The van der Waals surface area contributed by atoms with Crippen LogP contribution in [0.1, 0.15) is 30.5 Å². The molecule has 0 aliphatic rings. The maximum absolute atomic E-state index is 13.5. The molecule has 0 aliphatic heterocycles. The molecule has 0 saturated heterocycles. The van der Waals surface area contributed by atoms with Crippen molar-refractivity contribution >= 4 is 17.6 Å². The van der Waals surface area contributed by atoms with Gasteiger partial charge in [0.25, 0.3) is 0 Å². The van der Waals surface area contributed by atoms with Crippen LogP contribution < -0.4 is 0 Å². The van der Waals surface area contributed by atoms with Crippen molar-refractivity contribution in [3.05, 3.63) is 33.6 Å². The molecule has 0 atom stereocenters. The van der Waals surface area contributed by atoms with E-state index >= 15 is 0 Å². The minimum atomic E-state index is -0.964. The summed E-state index contributed by atoms with van der Waals surface area (Å²) in [5.74, 6) is -1.42. The first-order chi connectivity index (χ1) is 7.66. The molecule has 1 aromatic carbocycles. The third-order valence-electron chi connectivity index (χ3n) is 3.06. The van der Waals surface area contributed by atoms with Gasteiger partial charge < -0.3 is 5.11 Å². The molecule has 2 nitrogen and oxygen atoms in total. The van der Waals surface area contributed by atoms with Crippen molar-refractivity contribution in [3.8, 4) is 0 Å². The topological polar surface area (TPSA) is 37.3 Å². The zero-order valence-corrected chi connectivity index (χ0v) is 11.2. The molecule has 0 bridgehead atoms. The molecule has 17 heavy (non-hydrogen) atoms. The Morgan fingerprint density at radius 1 is 1.47 bits per heavy atom. The van der Waals surface area contributed by atoms with Gasteiger partial charge >= 0.3 is 5.97 Å². The Kier molecular flexibility index (Phi) is 3.82. The second kappa shape index (κ2) is 4.65. The molecule has 0 radical (unpaired) electrons. The minimum absolute atomic E-state index is 0.0300. The Balaban J connectivity index is 3.28. The highest BCUT2D eigenvalue weighted by Crippen LogP contribution is 2.32. The maximum Gasteiger partial charge on any atom is 0.309 e. The fourth-order valence-corrected chi connectivity index (χ4v) is 1.90. The molecule has 1 rings (SSSR count). The number of aliphatic carboxylic acids is 1. The van der Waals surface area contributed by atoms with Crippen LogP contribution in [0.25, 0.3) is 0 Å². The molecule has 0 heterocycles. The first-order valence-corrected chi connectivity index (χ1v) is 5.72. The number of carbonyl (C=O) groups is 1. The predicted molar refractivity (Wildman–Crippen MR) is 66.0 cm³/mol. The summed E-state index contributed by atoms with van der Waals surface area (Å²) in [6.45, 7) is 6.82. The largest absolute Gasteiger partial charge is 0.481 e.